The Morgan fingerprint density at radius 2 is 1.84 bits per heavy atom. The van der Waals surface area contributed by atoms with E-state index in [2.05, 4.69) is 5.10 Å². The van der Waals surface area contributed by atoms with Crippen molar-refractivity contribution in [3.8, 4) is 5.75 Å². The molecule has 1 aliphatic rings. The first kappa shape index (κ1) is 20.9. The Bertz CT molecular complexity index is 1110. The number of nitrogens with zero attached hydrogens (tertiary/aromatic N) is 4. The maximum atomic E-state index is 13.2. The van der Waals surface area contributed by atoms with Gasteiger partial charge in [0.1, 0.15) is 5.75 Å². The second-order valence-corrected chi connectivity index (χ2v) is 8.12. The number of hydrogen-bond acceptors (Lipinski definition) is 4. The molecule has 2 aromatic carbocycles. The maximum absolute atomic E-state index is 13.2. The number of carbonyl (C=O) groups is 2. The van der Waals surface area contributed by atoms with Gasteiger partial charge in [-0.15, -0.1) is 0 Å². The molecule has 1 aromatic heterocycles. The smallest absolute Gasteiger partial charge is 0.263 e. The summed E-state index contributed by atoms with van der Waals surface area (Å²) in [4.78, 5) is 29.5. The number of benzene rings is 2. The van der Waals surface area contributed by atoms with Crippen molar-refractivity contribution in [2.75, 3.05) is 19.6 Å². The van der Waals surface area contributed by atoms with Crippen LogP contribution >= 0.6 is 0 Å². The number of amides is 2. The monoisotopic (exact) mass is 420 g/mol. The van der Waals surface area contributed by atoms with Crippen LogP contribution in [0.5, 0.6) is 5.75 Å². The second-order valence-electron chi connectivity index (χ2n) is 8.12. The summed E-state index contributed by atoms with van der Waals surface area (Å²) in [6, 6.07) is 14.9. The van der Waals surface area contributed by atoms with Crippen molar-refractivity contribution in [2.24, 2.45) is 7.05 Å². The molecule has 0 aliphatic carbocycles. The number of rotatable bonds is 4. The third-order valence-corrected chi connectivity index (χ3v) is 5.88. The molecule has 0 radical (unpaired) electrons. The van der Waals surface area contributed by atoms with Gasteiger partial charge in [-0.2, -0.15) is 5.10 Å². The van der Waals surface area contributed by atoms with E-state index >= 15 is 0 Å². The average Bonchev–Trinajstić information content (AvgIpc) is 3.07. The highest BCUT2D eigenvalue weighted by molar-refractivity contribution is 5.94. The van der Waals surface area contributed by atoms with Gasteiger partial charge in [0.25, 0.3) is 11.8 Å². The standard InChI is InChI=1S/C24H28N4O3/c1-16-15-27(24(30)19-9-6-5-7-10-19)13-14-28(16)23(29)18(3)31-21-12-8-11-20-22(21)17(2)25-26(20)4/h5-12,16,18H,13-15H2,1-4H3/t16-,18?/m1/s1. The molecule has 2 atom stereocenters. The van der Waals surface area contributed by atoms with Gasteiger partial charge in [-0.1, -0.05) is 24.3 Å². The highest BCUT2D eigenvalue weighted by Crippen LogP contribution is 2.29. The van der Waals surface area contributed by atoms with Crippen LogP contribution in [0.15, 0.2) is 48.5 Å². The van der Waals surface area contributed by atoms with E-state index in [0.29, 0.717) is 30.9 Å². The van der Waals surface area contributed by atoms with Crippen LogP contribution in [-0.4, -0.2) is 63.2 Å². The fourth-order valence-electron chi connectivity index (χ4n) is 4.29. The van der Waals surface area contributed by atoms with Gasteiger partial charge in [-0.05, 0) is 45.0 Å². The van der Waals surface area contributed by atoms with Crippen LogP contribution in [0.2, 0.25) is 0 Å². The van der Waals surface area contributed by atoms with Gasteiger partial charge in [0.15, 0.2) is 6.10 Å². The quantitative estimate of drug-likeness (QED) is 0.651. The normalized spacial score (nSPS) is 17.6. The van der Waals surface area contributed by atoms with E-state index in [1.807, 2.05) is 83.9 Å². The Morgan fingerprint density at radius 3 is 2.55 bits per heavy atom. The minimum absolute atomic E-state index is 0.00239. The largest absolute Gasteiger partial charge is 0.480 e. The molecule has 4 rings (SSSR count). The van der Waals surface area contributed by atoms with Crippen LogP contribution in [-0.2, 0) is 11.8 Å². The molecule has 0 N–H and O–H groups in total. The average molecular weight is 421 g/mol. The highest BCUT2D eigenvalue weighted by Gasteiger charge is 2.33. The van der Waals surface area contributed by atoms with Crippen molar-refractivity contribution >= 4 is 22.7 Å². The van der Waals surface area contributed by atoms with Crippen molar-refractivity contribution in [1.29, 1.82) is 0 Å². The second kappa shape index (κ2) is 8.41. The van der Waals surface area contributed by atoms with Gasteiger partial charge < -0.3 is 14.5 Å². The number of hydrogen-bond donors (Lipinski definition) is 0. The highest BCUT2D eigenvalue weighted by atomic mass is 16.5. The summed E-state index contributed by atoms with van der Waals surface area (Å²) in [6.45, 7) is 7.19. The van der Waals surface area contributed by atoms with E-state index in [1.165, 1.54) is 0 Å². The molecular weight excluding hydrogens is 392 g/mol. The molecular formula is C24H28N4O3. The SMILES string of the molecule is Cc1nn(C)c2cccc(OC(C)C(=O)N3CCN(C(=O)c4ccccc4)C[C@H]3C)c12. The van der Waals surface area contributed by atoms with Gasteiger partial charge in [0.05, 0.1) is 16.6 Å². The summed E-state index contributed by atoms with van der Waals surface area (Å²) in [5.41, 5.74) is 2.51. The van der Waals surface area contributed by atoms with E-state index < -0.39 is 6.10 Å². The molecule has 2 heterocycles. The number of aromatic nitrogens is 2. The zero-order valence-electron chi connectivity index (χ0n) is 18.4. The zero-order chi connectivity index (χ0) is 22.1. The fraction of sp³-hybridized carbons (Fsp3) is 0.375. The molecule has 7 heteroatoms. The van der Waals surface area contributed by atoms with Gasteiger partial charge in [-0.25, -0.2) is 0 Å². The van der Waals surface area contributed by atoms with Crippen molar-refractivity contribution in [3.05, 3.63) is 59.8 Å². The van der Waals surface area contributed by atoms with Crippen molar-refractivity contribution in [2.45, 2.75) is 32.9 Å². The van der Waals surface area contributed by atoms with Crippen LogP contribution in [0.4, 0.5) is 0 Å². The number of carbonyl (C=O) groups excluding carboxylic acids is 2. The molecule has 7 nitrogen and oxygen atoms in total. The van der Waals surface area contributed by atoms with Gasteiger partial charge in [0, 0.05) is 38.3 Å². The van der Waals surface area contributed by atoms with E-state index in [0.717, 1.165) is 16.6 Å². The summed E-state index contributed by atoms with van der Waals surface area (Å²) < 4.78 is 7.92. The van der Waals surface area contributed by atoms with Gasteiger partial charge in [-0.3, -0.25) is 14.3 Å². The number of ether oxygens (including phenoxy) is 1. The molecule has 162 valence electrons. The third kappa shape index (κ3) is 4.00. The number of aryl methyl sites for hydroxylation is 2. The molecule has 0 bridgehead atoms. The first-order valence-corrected chi connectivity index (χ1v) is 10.6. The Balaban J connectivity index is 1.44. The van der Waals surface area contributed by atoms with E-state index in [1.54, 1.807) is 6.92 Å². The third-order valence-electron chi connectivity index (χ3n) is 5.88. The van der Waals surface area contributed by atoms with E-state index in [-0.39, 0.29) is 17.9 Å². The van der Waals surface area contributed by atoms with E-state index in [9.17, 15) is 9.59 Å². The van der Waals surface area contributed by atoms with Crippen LogP contribution < -0.4 is 4.74 Å². The molecule has 1 unspecified atom stereocenters. The first-order valence-electron chi connectivity index (χ1n) is 10.6. The Kier molecular flexibility index (Phi) is 5.67. The Labute approximate surface area is 182 Å². The number of fused-ring (bicyclic) bond motifs is 1. The van der Waals surface area contributed by atoms with Crippen LogP contribution in [0, 0.1) is 6.92 Å². The summed E-state index contributed by atoms with van der Waals surface area (Å²) in [6.07, 6.45) is -0.635. The maximum Gasteiger partial charge on any atom is 0.263 e. The topological polar surface area (TPSA) is 67.7 Å². The summed E-state index contributed by atoms with van der Waals surface area (Å²) in [5.74, 6) is 0.593. The lowest BCUT2D eigenvalue weighted by Crippen LogP contribution is -2.57. The minimum atomic E-state index is -0.635. The van der Waals surface area contributed by atoms with Crippen molar-refractivity contribution < 1.29 is 14.3 Å². The minimum Gasteiger partial charge on any atom is -0.480 e. The lowest BCUT2D eigenvalue weighted by Gasteiger charge is -2.40. The molecule has 2 amide bonds. The molecule has 1 fully saturated rings. The lowest BCUT2D eigenvalue weighted by atomic mass is 10.1. The molecule has 3 aromatic rings. The van der Waals surface area contributed by atoms with Crippen molar-refractivity contribution in [3.63, 3.8) is 0 Å². The molecule has 1 aliphatic heterocycles. The zero-order valence-corrected chi connectivity index (χ0v) is 18.4. The van der Waals surface area contributed by atoms with E-state index in [4.69, 9.17) is 4.74 Å². The Morgan fingerprint density at radius 1 is 1.10 bits per heavy atom. The number of piperazine rings is 1. The molecule has 0 spiro atoms. The lowest BCUT2D eigenvalue weighted by molar-refractivity contribution is -0.142. The van der Waals surface area contributed by atoms with Crippen molar-refractivity contribution in [1.82, 2.24) is 19.6 Å². The predicted molar refractivity (Wildman–Crippen MR) is 119 cm³/mol. The Hall–Kier alpha value is -3.35. The first-order chi connectivity index (χ1) is 14.9. The summed E-state index contributed by atoms with van der Waals surface area (Å²) in [7, 11) is 1.89. The van der Waals surface area contributed by atoms with Crippen LogP contribution in [0.1, 0.15) is 29.9 Å². The van der Waals surface area contributed by atoms with Crippen LogP contribution in [0.3, 0.4) is 0 Å². The summed E-state index contributed by atoms with van der Waals surface area (Å²) >= 11 is 0. The molecule has 0 saturated carbocycles. The van der Waals surface area contributed by atoms with Gasteiger partial charge in [0.2, 0.25) is 0 Å². The van der Waals surface area contributed by atoms with Gasteiger partial charge >= 0.3 is 0 Å². The fourth-order valence-corrected chi connectivity index (χ4v) is 4.29. The summed E-state index contributed by atoms with van der Waals surface area (Å²) in [5, 5.41) is 5.39. The molecule has 31 heavy (non-hydrogen) atoms. The van der Waals surface area contributed by atoms with Crippen LogP contribution in [0.25, 0.3) is 10.9 Å². The predicted octanol–water partition coefficient (Wildman–Crippen LogP) is 3.02. The molecule has 1 saturated heterocycles.